The van der Waals surface area contributed by atoms with Crippen LogP contribution in [0.2, 0.25) is 0 Å². The molecule has 0 unspecified atom stereocenters. The molecule has 0 aromatic carbocycles. The van der Waals surface area contributed by atoms with E-state index in [1.165, 1.54) is 0 Å². The van der Waals surface area contributed by atoms with E-state index >= 15 is 0 Å². The topological polar surface area (TPSA) is 34.1 Å². The fourth-order valence-electron chi connectivity index (χ4n) is 0. The second-order valence-corrected chi connectivity index (χ2v) is 0.654. The van der Waals surface area contributed by atoms with Crippen LogP contribution < -0.4 is 0 Å². The first kappa shape index (κ1) is 8.83. The Hall–Kier alpha value is 0.413. The number of hydrogen-bond acceptors (Lipinski definition) is 2. The van der Waals surface area contributed by atoms with Gasteiger partial charge in [0, 0.05) is 0 Å². The summed E-state index contributed by atoms with van der Waals surface area (Å²) in [6, 6.07) is 0. The van der Waals surface area contributed by atoms with E-state index < -0.39 is 23.2 Å². The minimum absolute atomic E-state index is 0. The number of halogens is 1. The Morgan fingerprint density at radius 1 is 1.25 bits per heavy atom. The second kappa shape index (κ2) is 9.95. The van der Waals surface area contributed by atoms with Gasteiger partial charge in [-0.2, -0.15) is 0 Å². The van der Waals surface area contributed by atoms with Gasteiger partial charge >= 0.3 is 28.9 Å². The maximum absolute atomic E-state index is 8.56. The van der Waals surface area contributed by atoms with Crippen LogP contribution in [-0.4, -0.2) is 23.2 Å². The van der Waals surface area contributed by atoms with Crippen LogP contribution in [-0.2, 0) is 5.63 Å². The molecule has 0 fully saturated rings. The van der Waals surface area contributed by atoms with Crippen LogP contribution in [0.3, 0.4) is 0 Å². The summed E-state index contributed by atoms with van der Waals surface area (Å²) >= 11 is -2.33. The molecule has 0 saturated carbocycles. The van der Waals surface area contributed by atoms with Gasteiger partial charge in [0.2, 0.25) is 0 Å². The Morgan fingerprint density at radius 2 is 1.25 bits per heavy atom. The van der Waals surface area contributed by atoms with Crippen LogP contribution in [0.1, 0.15) is 0 Å². The molecule has 0 aliphatic rings. The Morgan fingerprint density at radius 3 is 1.25 bits per heavy atom. The van der Waals surface area contributed by atoms with Gasteiger partial charge in [0.05, 0.1) is 0 Å². The maximum atomic E-state index is 8.56. The molecule has 0 heterocycles. The molecule has 0 aliphatic heterocycles. The average molecular weight is 261 g/mol. The van der Waals surface area contributed by atoms with Gasteiger partial charge in [0.15, 0.2) is 0 Å². The minimum atomic E-state index is -2.33. The van der Waals surface area contributed by atoms with Crippen molar-refractivity contribution in [1.82, 2.24) is 0 Å². The molecule has 0 spiro atoms. The van der Waals surface area contributed by atoms with Crippen molar-refractivity contribution in [3.8, 4) is 0 Å². The van der Waals surface area contributed by atoms with Gasteiger partial charge in [-0.05, 0) is 0 Å². The van der Waals surface area contributed by atoms with E-state index in [2.05, 4.69) is 0 Å². The van der Waals surface area contributed by atoms with Crippen molar-refractivity contribution in [1.29, 1.82) is 0 Å². The van der Waals surface area contributed by atoms with Crippen molar-refractivity contribution in [3.63, 3.8) is 0 Å². The summed E-state index contributed by atoms with van der Waals surface area (Å²) in [6.07, 6.45) is 0. The van der Waals surface area contributed by atoms with Crippen molar-refractivity contribution in [2.24, 2.45) is 0 Å². The SMILES string of the molecule is F.[O]=[Bi]=[O]. The van der Waals surface area contributed by atoms with E-state index in [-0.39, 0.29) is 4.70 Å². The van der Waals surface area contributed by atoms with Crippen LogP contribution in [0.5, 0.6) is 0 Å². The standard InChI is InChI=1S/Bi.FH.2O/h;1H;;. The third-order valence-electron chi connectivity index (χ3n) is 0. The molecule has 1 radical (unpaired) electrons. The van der Waals surface area contributed by atoms with Gasteiger partial charge in [-0.3, -0.25) is 4.70 Å². The summed E-state index contributed by atoms with van der Waals surface area (Å²) in [5.74, 6) is 0. The van der Waals surface area contributed by atoms with Gasteiger partial charge in [-0.15, -0.1) is 0 Å². The Kier molecular flexibility index (Phi) is 22.0. The van der Waals surface area contributed by atoms with Gasteiger partial charge in [-0.25, -0.2) is 0 Å². The summed E-state index contributed by atoms with van der Waals surface area (Å²) < 4.78 is 17.1. The van der Waals surface area contributed by atoms with E-state index in [1.54, 1.807) is 0 Å². The van der Waals surface area contributed by atoms with Crippen molar-refractivity contribution in [2.75, 3.05) is 0 Å². The Balaban J connectivity index is 0. The van der Waals surface area contributed by atoms with Crippen molar-refractivity contribution < 1.29 is 10.3 Å². The molecule has 4 heteroatoms. The molecule has 0 saturated heterocycles. The van der Waals surface area contributed by atoms with Crippen molar-refractivity contribution >= 4 is 23.2 Å². The molecule has 0 amide bonds. The Labute approximate surface area is 34.0 Å². The van der Waals surface area contributed by atoms with Crippen molar-refractivity contribution in [2.45, 2.75) is 0 Å². The van der Waals surface area contributed by atoms with E-state index in [1.807, 2.05) is 0 Å². The molecule has 0 N–H and O–H groups in total. The molecule has 25 valence electrons. The summed E-state index contributed by atoms with van der Waals surface area (Å²) in [4.78, 5) is 0. The van der Waals surface area contributed by atoms with Crippen molar-refractivity contribution in [3.05, 3.63) is 0 Å². The summed E-state index contributed by atoms with van der Waals surface area (Å²) in [7, 11) is 0. The molecule has 0 aromatic rings. The van der Waals surface area contributed by atoms with Crippen LogP contribution >= 0.6 is 0 Å². The molecular weight excluding hydrogens is 260 g/mol. The molecule has 0 rings (SSSR count). The first-order valence-electron chi connectivity index (χ1n) is 0.365. The van der Waals surface area contributed by atoms with E-state index in [0.29, 0.717) is 0 Å². The average Bonchev–Trinajstić information content (AvgIpc) is 0.918. The normalized spacial score (nSPS) is 2.00. The molecule has 0 aromatic heterocycles. The van der Waals surface area contributed by atoms with Crippen LogP contribution in [0.15, 0.2) is 0 Å². The van der Waals surface area contributed by atoms with Gasteiger partial charge in [0.1, 0.15) is 0 Å². The van der Waals surface area contributed by atoms with Crippen LogP contribution in [0.4, 0.5) is 4.70 Å². The van der Waals surface area contributed by atoms with Gasteiger partial charge < -0.3 is 0 Å². The van der Waals surface area contributed by atoms with Crippen LogP contribution in [0, 0.1) is 0 Å². The summed E-state index contributed by atoms with van der Waals surface area (Å²) in [6.45, 7) is 0. The third-order valence-corrected chi connectivity index (χ3v) is 0. The third kappa shape index (κ3) is 28.2. The number of hydrogen-bond donors (Lipinski definition) is 0. The Bertz CT molecular complexity index is 27.0. The summed E-state index contributed by atoms with van der Waals surface area (Å²) in [5.41, 5.74) is 0. The van der Waals surface area contributed by atoms with Gasteiger partial charge in [0.25, 0.3) is 0 Å². The van der Waals surface area contributed by atoms with E-state index in [4.69, 9.17) is 5.63 Å². The fourth-order valence-corrected chi connectivity index (χ4v) is 0. The van der Waals surface area contributed by atoms with Gasteiger partial charge in [-0.1, -0.05) is 0 Å². The molecule has 0 aliphatic carbocycles. The molecular formula is HBiFO2. The number of rotatable bonds is 0. The quantitative estimate of drug-likeness (QED) is 0.553. The first-order valence-corrected chi connectivity index (χ1v) is 3.20. The monoisotopic (exact) mass is 261 g/mol. The molecule has 4 heavy (non-hydrogen) atoms. The second-order valence-electron chi connectivity index (χ2n) is 0.0745. The predicted molar refractivity (Wildman–Crippen MR) is 9.63 cm³/mol. The zero-order valence-corrected chi connectivity index (χ0v) is 5.15. The zero-order chi connectivity index (χ0) is 2.71. The van der Waals surface area contributed by atoms with E-state index in [9.17, 15) is 0 Å². The van der Waals surface area contributed by atoms with Crippen LogP contribution in [0.25, 0.3) is 0 Å². The first-order chi connectivity index (χ1) is 1.41. The summed E-state index contributed by atoms with van der Waals surface area (Å²) in [5, 5.41) is 0. The molecule has 0 bridgehead atoms. The molecule has 2 nitrogen and oxygen atoms in total. The zero-order valence-electron chi connectivity index (χ0n) is 1.67. The fraction of sp³-hybridized carbons (Fsp3) is 0. The predicted octanol–water partition coefficient (Wildman–Crippen LogP) is -0.466. The van der Waals surface area contributed by atoms with E-state index in [0.717, 1.165) is 0 Å². The molecule has 0 atom stereocenters.